The number of aryl methyl sites for hydroxylation is 1. The Morgan fingerprint density at radius 2 is 1.83 bits per heavy atom. The molecule has 0 aliphatic carbocycles. The molecule has 0 N–H and O–H groups in total. The van der Waals surface area contributed by atoms with E-state index >= 15 is 0 Å². The number of nitrogens with zero attached hydrogens (tertiary/aromatic N) is 7. The van der Waals surface area contributed by atoms with E-state index in [0.717, 1.165) is 4.57 Å². The summed E-state index contributed by atoms with van der Waals surface area (Å²) in [6.07, 6.45) is 0. The largest absolute Gasteiger partial charge is 0.337 e. The van der Waals surface area contributed by atoms with Gasteiger partial charge in [-0.1, -0.05) is 5.16 Å². The number of nitro groups is 1. The number of benzene rings is 1. The number of rotatable bonds is 4. The number of hydrogen-bond donors (Lipinski definition) is 0. The Kier molecular flexibility index (Phi) is 4.38. The van der Waals surface area contributed by atoms with Crippen molar-refractivity contribution in [3.63, 3.8) is 0 Å². The van der Waals surface area contributed by atoms with E-state index in [1.165, 1.54) is 42.9 Å². The van der Waals surface area contributed by atoms with E-state index in [1.807, 2.05) is 0 Å². The minimum Gasteiger partial charge on any atom is -0.337 e. The molecular formula is C16H12BrN7O5. The lowest BCUT2D eigenvalue weighted by Crippen LogP contribution is -2.37. The summed E-state index contributed by atoms with van der Waals surface area (Å²) in [5, 5.41) is 14.6. The van der Waals surface area contributed by atoms with Gasteiger partial charge in [0.05, 0.1) is 4.92 Å². The molecule has 148 valence electrons. The zero-order valence-electron chi connectivity index (χ0n) is 15.1. The van der Waals surface area contributed by atoms with Gasteiger partial charge in [-0.2, -0.15) is 4.98 Å². The van der Waals surface area contributed by atoms with E-state index in [9.17, 15) is 19.7 Å². The van der Waals surface area contributed by atoms with Crippen LogP contribution in [0.25, 0.3) is 22.6 Å². The standard InChI is InChI=1S/C16H12BrN7O5/c1-21-13-11(14(25)22(2)16(21)26)19-15(17)23(13)7-10-18-12(20-29-10)8-3-5-9(6-4-8)24(27)28/h3-6H,7H2,1-2H3. The lowest BCUT2D eigenvalue weighted by Gasteiger charge is -2.07. The maximum atomic E-state index is 12.3. The van der Waals surface area contributed by atoms with Crippen molar-refractivity contribution in [3.05, 3.63) is 65.8 Å². The third-order valence-corrected chi connectivity index (χ3v) is 5.00. The minimum absolute atomic E-state index is 0.0474. The highest BCUT2D eigenvalue weighted by molar-refractivity contribution is 9.10. The van der Waals surface area contributed by atoms with Crippen molar-refractivity contribution in [1.29, 1.82) is 0 Å². The highest BCUT2D eigenvalue weighted by Gasteiger charge is 2.20. The Bertz CT molecular complexity index is 1380. The predicted molar refractivity (Wildman–Crippen MR) is 103 cm³/mol. The quantitative estimate of drug-likeness (QED) is 0.250. The summed E-state index contributed by atoms with van der Waals surface area (Å²) in [4.78, 5) is 43.3. The van der Waals surface area contributed by atoms with Crippen molar-refractivity contribution in [2.24, 2.45) is 14.1 Å². The first kappa shape index (κ1) is 18.7. The van der Waals surface area contributed by atoms with Gasteiger partial charge in [0.2, 0.25) is 11.7 Å². The molecular weight excluding hydrogens is 450 g/mol. The van der Waals surface area contributed by atoms with E-state index in [2.05, 4.69) is 31.1 Å². The van der Waals surface area contributed by atoms with Crippen LogP contribution < -0.4 is 11.2 Å². The molecule has 0 amide bonds. The molecule has 1 aromatic carbocycles. The Hall–Kier alpha value is -3.61. The molecule has 12 nitrogen and oxygen atoms in total. The molecule has 0 fully saturated rings. The molecule has 4 aromatic rings. The molecule has 0 atom stereocenters. The van der Waals surface area contributed by atoms with Crippen LogP contribution in [0.5, 0.6) is 0 Å². The van der Waals surface area contributed by atoms with Crippen LogP contribution in [-0.4, -0.2) is 33.7 Å². The third kappa shape index (κ3) is 3.04. The summed E-state index contributed by atoms with van der Waals surface area (Å²) < 4.78 is 9.43. The highest BCUT2D eigenvalue weighted by Crippen LogP contribution is 2.22. The number of non-ortho nitro benzene ring substituents is 1. The number of nitro benzene ring substituents is 1. The van der Waals surface area contributed by atoms with E-state index < -0.39 is 16.2 Å². The van der Waals surface area contributed by atoms with Crippen LogP contribution in [0, 0.1) is 10.1 Å². The Labute approximate surface area is 169 Å². The second-order valence-corrected chi connectivity index (χ2v) is 6.87. The van der Waals surface area contributed by atoms with Gasteiger partial charge in [-0.05, 0) is 28.1 Å². The lowest BCUT2D eigenvalue weighted by molar-refractivity contribution is -0.384. The van der Waals surface area contributed by atoms with Gasteiger partial charge in [0.1, 0.15) is 6.54 Å². The number of hydrogen-bond acceptors (Lipinski definition) is 8. The summed E-state index contributed by atoms with van der Waals surface area (Å²) in [6, 6.07) is 5.72. The fraction of sp³-hybridized carbons (Fsp3) is 0.188. The van der Waals surface area contributed by atoms with Crippen LogP contribution in [0.1, 0.15) is 5.89 Å². The van der Waals surface area contributed by atoms with Crippen molar-refractivity contribution < 1.29 is 9.45 Å². The molecule has 3 heterocycles. The third-order valence-electron chi connectivity index (χ3n) is 4.39. The van der Waals surface area contributed by atoms with Crippen LogP contribution in [0.2, 0.25) is 0 Å². The molecule has 0 unspecified atom stereocenters. The highest BCUT2D eigenvalue weighted by atomic mass is 79.9. The normalized spacial score (nSPS) is 11.3. The monoisotopic (exact) mass is 461 g/mol. The van der Waals surface area contributed by atoms with E-state index in [-0.39, 0.29) is 29.5 Å². The van der Waals surface area contributed by atoms with Crippen LogP contribution in [0.4, 0.5) is 5.69 Å². The Morgan fingerprint density at radius 1 is 1.14 bits per heavy atom. The smallest absolute Gasteiger partial charge is 0.332 e. The first-order valence-electron chi connectivity index (χ1n) is 8.17. The molecule has 0 aliphatic rings. The molecule has 29 heavy (non-hydrogen) atoms. The number of fused-ring (bicyclic) bond motifs is 1. The molecule has 13 heteroatoms. The van der Waals surface area contributed by atoms with Gasteiger partial charge in [-0.25, -0.2) is 9.78 Å². The van der Waals surface area contributed by atoms with Crippen molar-refractivity contribution >= 4 is 32.8 Å². The number of aromatic nitrogens is 6. The first-order chi connectivity index (χ1) is 13.8. The van der Waals surface area contributed by atoms with Gasteiger partial charge in [-0.3, -0.25) is 28.6 Å². The van der Waals surface area contributed by atoms with Crippen LogP contribution >= 0.6 is 15.9 Å². The van der Waals surface area contributed by atoms with Crippen molar-refractivity contribution in [2.45, 2.75) is 6.54 Å². The fourth-order valence-electron chi connectivity index (χ4n) is 2.91. The van der Waals surface area contributed by atoms with Crippen molar-refractivity contribution in [1.82, 2.24) is 28.8 Å². The molecule has 0 bridgehead atoms. The van der Waals surface area contributed by atoms with Gasteiger partial charge >= 0.3 is 5.69 Å². The van der Waals surface area contributed by atoms with Gasteiger partial charge in [0.25, 0.3) is 11.2 Å². The summed E-state index contributed by atoms with van der Waals surface area (Å²) in [5.74, 6) is 0.451. The fourth-order valence-corrected chi connectivity index (χ4v) is 3.38. The Morgan fingerprint density at radius 3 is 2.48 bits per heavy atom. The number of halogens is 1. The second-order valence-electron chi connectivity index (χ2n) is 6.16. The molecule has 4 rings (SSSR count). The average molecular weight is 462 g/mol. The van der Waals surface area contributed by atoms with E-state index in [0.29, 0.717) is 15.9 Å². The minimum atomic E-state index is -0.514. The van der Waals surface area contributed by atoms with Crippen LogP contribution in [0.15, 0.2) is 43.1 Å². The van der Waals surface area contributed by atoms with E-state index in [4.69, 9.17) is 4.52 Å². The molecule has 0 aliphatic heterocycles. The van der Waals surface area contributed by atoms with Crippen molar-refractivity contribution in [3.8, 4) is 11.4 Å². The lowest BCUT2D eigenvalue weighted by atomic mass is 10.2. The molecule has 0 spiro atoms. The predicted octanol–water partition coefficient (Wildman–Crippen LogP) is 1.20. The molecule has 3 aromatic heterocycles. The summed E-state index contributed by atoms with van der Waals surface area (Å²) >= 11 is 3.29. The maximum Gasteiger partial charge on any atom is 0.332 e. The summed E-state index contributed by atoms with van der Waals surface area (Å²) in [7, 11) is 2.91. The molecule has 0 saturated carbocycles. The molecule has 0 saturated heterocycles. The zero-order chi connectivity index (χ0) is 20.9. The summed E-state index contributed by atoms with van der Waals surface area (Å²) in [6.45, 7) is 0.0531. The van der Waals surface area contributed by atoms with Crippen molar-refractivity contribution in [2.75, 3.05) is 0 Å². The van der Waals surface area contributed by atoms with Crippen LogP contribution in [-0.2, 0) is 20.6 Å². The number of imidazole rings is 1. The first-order valence-corrected chi connectivity index (χ1v) is 8.96. The topological polar surface area (TPSA) is 144 Å². The molecule has 0 radical (unpaired) electrons. The average Bonchev–Trinajstić information content (AvgIpc) is 3.30. The van der Waals surface area contributed by atoms with E-state index in [1.54, 1.807) is 4.57 Å². The van der Waals surface area contributed by atoms with Gasteiger partial charge in [-0.15, -0.1) is 0 Å². The SMILES string of the molecule is Cn1c(=O)c2nc(Br)n(Cc3nc(-c4ccc([N+](=O)[O-])cc4)no3)c2n(C)c1=O. The van der Waals surface area contributed by atoms with Gasteiger partial charge in [0, 0.05) is 31.8 Å². The Balaban J connectivity index is 1.73. The van der Waals surface area contributed by atoms with Gasteiger partial charge < -0.3 is 4.52 Å². The second kappa shape index (κ2) is 6.77. The maximum absolute atomic E-state index is 12.3. The zero-order valence-corrected chi connectivity index (χ0v) is 16.7. The summed E-state index contributed by atoms with van der Waals surface area (Å²) in [5.41, 5.74) is -0.0836. The van der Waals surface area contributed by atoms with Gasteiger partial charge in [0.15, 0.2) is 15.9 Å². The van der Waals surface area contributed by atoms with Crippen LogP contribution in [0.3, 0.4) is 0 Å².